The van der Waals surface area contributed by atoms with Gasteiger partial charge in [-0.05, 0) is 44.2 Å². The van der Waals surface area contributed by atoms with Crippen LogP contribution in [0.25, 0.3) is 0 Å². The van der Waals surface area contributed by atoms with Crippen molar-refractivity contribution < 1.29 is 9.90 Å². The maximum atomic E-state index is 11.4. The van der Waals surface area contributed by atoms with Gasteiger partial charge in [0, 0.05) is 15.7 Å². The summed E-state index contributed by atoms with van der Waals surface area (Å²) in [5, 5.41) is 9.40. The van der Waals surface area contributed by atoms with Crippen molar-refractivity contribution in [2.24, 2.45) is 11.8 Å². The van der Waals surface area contributed by atoms with E-state index in [1.165, 1.54) is 22.6 Å². The summed E-state index contributed by atoms with van der Waals surface area (Å²) in [7, 11) is 0. The van der Waals surface area contributed by atoms with E-state index in [4.69, 9.17) is 0 Å². The van der Waals surface area contributed by atoms with Crippen LogP contribution in [0.1, 0.15) is 54.7 Å². The van der Waals surface area contributed by atoms with Crippen LogP contribution in [-0.4, -0.2) is 11.1 Å². The number of carboxylic acid groups (broad SMARTS) is 1. The van der Waals surface area contributed by atoms with E-state index in [2.05, 4.69) is 26.0 Å². The third-order valence-corrected chi connectivity index (χ3v) is 5.23. The van der Waals surface area contributed by atoms with Crippen LogP contribution in [-0.2, 0) is 4.79 Å². The molecule has 1 saturated carbocycles. The number of carboxylic acids is 1. The molecule has 2 rings (SSSR count). The first-order valence-corrected chi connectivity index (χ1v) is 7.72. The Balaban J connectivity index is 2.17. The maximum Gasteiger partial charge on any atom is 0.307 e. The topological polar surface area (TPSA) is 37.3 Å². The second-order valence-corrected chi connectivity index (χ2v) is 6.79. The number of hydrogen-bond donors (Lipinski definition) is 1. The Kier molecular flexibility index (Phi) is 4.44. The summed E-state index contributed by atoms with van der Waals surface area (Å²) in [6.07, 6.45) is 5.45. The van der Waals surface area contributed by atoms with Gasteiger partial charge in [0.2, 0.25) is 0 Å². The van der Waals surface area contributed by atoms with Crippen LogP contribution < -0.4 is 0 Å². The Morgan fingerprint density at radius 1 is 1.44 bits per heavy atom. The Hall–Kier alpha value is -0.830. The zero-order chi connectivity index (χ0) is 13.1. The number of hydrogen-bond acceptors (Lipinski definition) is 2. The molecule has 3 heteroatoms. The molecule has 0 radical (unpaired) electrons. The van der Waals surface area contributed by atoms with Gasteiger partial charge in [-0.25, -0.2) is 0 Å². The molecule has 18 heavy (non-hydrogen) atoms. The molecule has 1 N–H and O–H groups in total. The van der Waals surface area contributed by atoms with Crippen molar-refractivity contribution >= 4 is 17.3 Å². The first-order chi connectivity index (χ1) is 8.61. The van der Waals surface area contributed by atoms with Crippen LogP contribution in [0.15, 0.2) is 12.1 Å². The normalized spacial score (nSPS) is 28.2. The minimum Gasteiger partial charge on any atom is -0.481 e. The van der Waals surface area contributed by atoms with E-state index in [1.54, 1.807) is 11.3 Å². The highest BCUT2D eigenvalue weighted by Crippen LogP contribution is 2.44. The minimum atomic E-state index is -0.610. The fraction of sp³-hybridized carbons (Fsp3) is 0.667. The fourth-order valence-corrected chi connectivity index (χ4v) is 4.25. The SMILES string of the molecule is CCCC1CCC(C(=O)O)C(c2ccc(C)s2)C1. The molecule has 0 saturated heterocycles. The van der Waals surface area contributed by atoms with Gasteiger partial charge in [-0.1, -0.05) is 19.8 Å². The van der Waals surface area contributed by atoms with Crippen LogP contribution in [0, 0.1) is 18.8 Å². The van der Waals surface area contributed by atoms with E-state index < -0.39 is 5.97 Å². The van der Waals surface area contributed by atoms with Crippen molar-refractivity contribution in [3.63, 3.8) is 0 Å². The lowest BCUT2D eigenvalue weighted by molar-refractivity contribution is -0.143. The zero-order valence-electron chi connectivity index (χ0n) is 11.2. The molecule has 3 atom stereocenters. The van der Waals surface area contributed by atoms with Gasteiger partial charge in [-0.3, -0.25) is 4.79 Å². The predicted octanol–water partition coefficient (Wildman–Crippen LogP) is 4.44. The highest BCUT2D eigenvalue weighted by molar-refractivity contribution is 7.12. The van der Waals surface area contributed by atoms with Gasteiger partial charge in [-0.2, -0.15) is 0 Å². The molecule has 0 amide bonds. The smallest absolute Gasteiger partial charge is 0.307 e. The van der Waals surface area contributed by atoms with Crippen LogP contribution in [0.3, 0.4) is 0 Å². The summed E-state index contributed by atoms with van der Waals surface area (Å²) < 4.78 is 0. The van der Waals surface area contributed by atoms with E-state index in [0.29, 0.717) is 0 Å². The van der Waals surface area contributed by atoms with Gasteiger partial charge in [0.15, 0.2) is 0 Å². The molecule has 1 fully saturated rings. The van der Waals surface area contributed by atoms with Crippen LogP contribution in [0.5, 0.6) is 0 Å². The third kappa shape index (κ3) is 2.94. The van der Waals surface area contributed by atoms with E-state index >= 15 is 0 Å². The van der Waals surface area contributed by atoms with Crippen molar-refractivity contribution in [3.8, 4) is 0 Å². The molecule has 1 aliphatic rings. The molecule has 1 aliphatic carbocycles. The quantitative estimate of drug-likeness (QED) is 0.874. The van der Waals surface area contributed by atoms with Crippen molar-refractivity contribution in [1.82, 2.24) is 0 Å². The molecule has 100 valence electrons. The highest BCUT2D eigenvalue weighted by Gasteiger charge is 2.36. The maximum absolute atomic E-state index is 11.4. The molecule has 1 aromatic rings. The van der Waals surface area contributed by atoms with Crippen molar-refractivity contribution in [3.05, 3.63) is 21.9 Å². The summed E-state index contributed by atoms with van der Waals surface area (Å²) in [6.45, 7) is 4.31. The van der Waals surface area contributed by atoms with Crippen LogP contribution >= 0.6 is 11.3 Å². The van der Waals surface area contributed by atoms with Crippen LogP contribution in [0.2, 0.25) is 0 Å². The average Bonchev–Trinajstić information content (AvgIpc) is 2.76. The van der Waals surface area contributed by atoms with Crippen molar-refractivity contribution in [2.45, 2.75) is 51.9 Å². The summed E-state index contributed by atoms with van der Waals surface area (Å²) >= 11 is 1.77. The molecule has 0 spiro atoms. The molecule has 0 aromatic carbocycles. The summed E-state index contributed by atoms with van der Waals surface area (Å²) in [5.74, 6) is 0.182. The van der Waals surface area contributed by atoms with Gasteiger partial charge in [0.25, 0.3) is 0 Å². The Labute approximate surface area is 113 Å². The van der Waals surface area contributed by atoms with E-state index in [1.807, 2.05) is 0 Å². The fourth-order valence-electron chi connectivity index (χ4n) is 3.19. The number of carbonyl (C=O) groups is 1. The molecule has 3 unspecified atom stereocenters. The lowest BCUT2D eigenvalue weighted by atomic mass is 9.72. The molecule has 0 aliphatic heterocycles. The van der Waals surface area contributed by atoms with E-state index in [0.717, 1.165) is 25.2 Å². The molecule has 1 aromatic heterocycles. The Bertz CT molecular complexity index is 410. The Morgan fingerprint density at radius 3 is 2.78 bits per heavy atom. The number of thiophene rings is 1. The first-order valence-electron chi connectivity index (χ1n) is 6.91. The summed E-state index contributed by atoms with van der Waals surface area (Å²) in [5.41, 5.74) is 0. The lowest BCUT2D eigenvalue weighted by Gasteiger charge is -2.33. The zero-order valence-corrected chi connectivity index (χ0v) is 12.0. The monoisotopic (exact) mass is 266 g/mol. The number of rotatable bonds is 4. The van der Waals surface area contributed by atoms with Crippen molar-refractivity contribution in [1.29, 1.82) is 0 Å². The predicted molar refractivity (Wildman–Crippen MR) is 75.2 cm³/mol. The molecular weight excluding hydrogens is 244 g/mol. The van der Waals surface area contributed by atoms with Gasteiger partial charge < -0.3 is 5.11 Å². The number of aliphatic carboxylic acids is 1. The average molecular weight is 266 g/mol. The van der Waals surface area contributed by atoms with E-state index in [-0.39, 0.29) is 11.8 Å². The summed E-state index contributed by atoms with van der Waals surface area (Å²) in [4.78, 5) is 14.0. The highest BCUT2D eigenvalue weighted by atomic mass is 32.1. The summed E-state index contributed by atoms with van der Waals surface area (Å²) in [6, 6.07) is 4.25. The van der Waals surface area contributed by atoms with Gasteiger partial charge in [0.05, 0.1) is 5.92 Å². The second kappa shape index (κ2) is 5.87. The third-order valence-electron chi connectivity index (χ3n) is 4.10. The first kappa shape index (κ1) is 13.6. The van der Waals surface area contributed by atoms with E-state index in [9.17, 15) is 9.90 Å². The van der Waals surface area contributed by atoms with Gasteiger partial charge >= 0.3 is 5.97 Å². The molecule has 0 bridgehead atoms. The minimum absolute atomic E-state index is 0.170. The Morgan fingerprint density at radius 2 is 2.22 bits per heavy atom. The van der Waals surface area contributed by atoms with Crippen LogP contribution in [0.4, 0.5) is 0 Å². The second-order valence-electron chi connectivity index (χ2n) is 5.47. The molecule has 2 nitrogen and oxygen atoms in total. The van der Waals surface area contributed by atoms with Gasteiger partial charge in [0.1, 0.15) is 0 Å². The molecule has 1 heterocycles. The largest absolute Gasteiger partial charge is 0.481 e. The van der Waals surface area contributed by atoms with Gasteiger partial charge in [-0.15, -0.1) is 11.3 Å². The molecular formula is C15H22O2S. The lowest BCUT2D eigenvalue weighted by Crippen LogP contribution is -2.28. The number of aryl methyl sites for hydroxylation is 1. The standard InChI is InChI=1S/C15H22O2S/c1-3-4-11-6-7-12(15(16)17)13(9-11)14-8-5-10(2)18-14/h5,8,11-13H,3-4,6-7,9H2,1-2H3,(H,16,17). The van der Waals surface area contributed by atoms with Crippen molar-refractivity contribution in [2.75, 3.05) is 0 Å².